The molecule has 2 nitrogen and oxygen atoms in total. The van der Waals surface area contributed by atoms with Crippen molar-refractivity contribution in [3.8, 4) is 0 Å². The molecule has 2 aliphatic rings. The van der Waals surface area contributed by atoms with Gasteiger partial charge in [-0.15, -0.1) is 0 Å². The van der Waals surface area contributed by atoms with Crippen LogP contribution in [-0.2, 0) is 6.42 Å². The minimum Gasteiger partial charge on any atom is -0.271 e. The lowest BCUT2D eigenvalue weighted by molar-refractivity contribution is 0.335. The first kappa shape index (κ1) is 12.1. The predicted octanol–water partition coefficient (Wildman–Crippen LogP) is 2.39. The van der Waals surface area contributed by atoms with Crippen molar-refractivity contribution in [1.82, 2.24) is 5.43 Å². The molecule has 0 aromatic heterocycles. The van der Waals surface area contributed by atoms with Crippen LogP contribution in [0.3, 0.4) is 0 Å². The summed E-state index contributed by atoms with van der Waals surface area (Å²) >= 11 is 0. The molecule has 18 heavy (non-hydrogen) atoms. The highest BCUT2D eigenvalue weighted by Gasteiger charge is 2.47. The summed E-state index contributed by atoms with van der Waals surface area (Å²) in [7, 11) is 0. The molecule has 0 amide bonds. The van der Waals surface area contributed by atoms with E-state index in [4.69, 9.17) is 5.84 Å². The van der Waals surface area contributed by atoms with Crippen molar-refractivity contribution >= 4 is 0 Å². The lowest BCUT2D eigenvalue weighted by atomic mass is 9.90. The largest absolute Gasteiger partial charge is 0.271 e. The van der Waals surface area contributed by atoms with E-state index in [9.17, 15) is 8.78 Å². The number of fused-ring (bicyclic) bond motifs is 1. The second-order valence-corrected chi connectivity index (χ2v) is 5.71. The van der Waals surface area contributed by atoms with E-state index in [0.717, 1.165) is 17.4 Å². The summed E-state index contributed by atoms with van der Waals surface area (Å²) in [5.74, 6) is 6.41. The third-order valence-electron chi connectivity index (χ3n) is 4.50. The van der Waals surface area contributed by atoms with Gasteiger partial charge < -0.3 is 0 Å². The van der Waals surface area contributed by atoms with Gasteiger partial charge >= 0.3 is 0 Å². The summed E-state index contributed by atoms with van der Waals surface area (Å²) in [6.07, 6.45) is 4.49. The number of nitrogens with one attached hydrogen (secondary N) is 1. The first-order valence-electron chi connectivity index (χ1n) is 6.57. The van der Waals surface area contributed by atoms with Crippen LogP contribution in [0.2, 0.25) is 0 Å². The minimum absolute atomic E-state index is 0.169. The van der Waals surface area contributed by atoms with E-state index in [1.807, 2.05) is 0 Å². The molecule has 98 valence electrons. The zero-order valence-corrected chi connectivity index (χ0v) is 10.2. The lowest BCUT2D eigenvalue weighted by Crippen LogP contribution is -2.42. The molecule has 4 heteroatoms. The molecule has 2 aliphatic carbocycles. The van der Waals surface area contributed by atoms with E-state index in [2.05, 4.69) is 5.43 Å². The minimum atomic E-state index is -0.793. The Morgan fingerprint density at radius 1 is 1.17 bits per heavy atom. The van der Waals surface area contributed by atoms with Gasteiger partial charge in [-0.25, -0.2) is 8.78 Å². The van der Waals surface area contributed by atoms with Crippen LogP contribution in [0.25, 0.3) is 0 Å². The van der Waals surface area contributed by atoms with Gasteiger partial charge in [-0.2, -0.15) is 0 Å². The van der Waals surface area contributed by atoms with Crippen LogP contribution in [-0.4, -0.2) is 6.04 Å². The van der Waals surface area contributed by atoms with Crippen LogP contribution >= 0.6 is 0 Å². The quantitative estimate of drug-likeness (QED) is 0.638. The normalized spacial score (nSPS) is 31.2. The molecule has 3 rings (SSSR count). The maximum Gasteiger partial charge on any atom is 0.159 e. The Morgan fingerprint density at radius 2 is 1.89 bits per heavy atom. The SMILES string of the molecule is NNC(Cc1ccc(F)c(F)c1)C1CC2CC2C1. The van der Waals surface area contributed by atoms with Crippen molar-refractivity contribution in [2.24, 2.45) is 23.6 Å². The standard InChI is InChI=1S/C14H18F2N2/c15-12-2-1-8(3-13(12)16)4-14(18-17)11-6-9-5-10(9)7-11/h1-3,9-11,14,18H,4-7,17H2. The molecule has 0 spiro atoms. The molecule has 0 aliphatic heterocycles. The fourth-order valence-corrected chi connectivity index (χ4v) is 3.37. The Bertz CT molecular complexity index is 439. The Balaban J connectivity index is 1.67. The van der Waals surface area contributed by atoms with E-state index in [1.165, 1.54) is 31.4 Å². The van der Waals surface area contributed by atoms with Crippen LogP contribution in [0.15, 0.2) is 18.2 Å². The van der Waals surface area contributed by atoms with Crippen molar-refractivity contribution in [2.45, 2.75) is 31.7 Å². The summed E-state index contributed by atoms with van der Waals surface area (Å²) in [6, 6.07) is 4.26. The fourth-order valence-electron chi connectivity index (χ4n) is 3.37. The Labute approximate surface area is 106 Å². The summed E-state index contributed by atoms with van der Waals surface area (Å²) < 4.78 is 26.0. The fraction of sp³-hybridized carbons (Fsp3) is 0.571. The average molecular weight is 252 g/mol. The van der Waals surface area contributed by atoms with Crippen LogP contribution in [0.4, 0.5) is 8.78 Å². The Morgan fingerprint density at radius 3 is 2.50 bits per heavy atom. The van der Waals surface area contributed by atoms with Crippen molar-refractivity contribution in [3.63, 3.8) is 0 Å². The number of hydrazine groups is 1. The first-order valence-corrected chi connectivity index (χ1v) is 6.57. The molecule has 1 aromatic rings. The second kappa shape index (κ2) is 4.59. The molecule has 0 radical (unpaired) electrons. The number of benzene rings is 1. The summed E-state index contributed by atoms with van der Waals surface area (Å²) in [4.78, 5) is 0. The van der Waals surface area contributed by atoms with E-state index < -0.39 is 11.6 Å². The molecular weight excluding hydrogens is 234 g/mol. The molecule has 0 bridgehead atoms. The highest BCUT2D eigenvalue weighted by molar-refractivity contribution is 5.19. The highest BCUT2D eigenvalue weighted by atomic mass is 19.2. The maximum atomic E-state index is 13.2. The number of nitrogens with two attached hydrogens (primary N) is 1. The van der Waals surface area contributed by atoms with Crippen molar-refractivity contribution < 1.29 is 8.78 Å². The topological polar surface area (TPSA) is 38.0 Å². The summed E-state index contributed by atoms with van der Waals surface area (Å²) in [5, 5.41) is 0. The second-order valence-electron chi connectivity index (χ2n) is 5.71. The number of hydrogen-bond acceptors (Lipinski definition) is 2. The van der Waals surface area contributed by atoms with Crippen LogP contribution in [0, 0.1) is 29.4 Å². The van der Waals surface area contributed by atoms with E-state index in [1.54, 1.807) is 6.07 Å². The smallest absolute Gasteiger partial charge is 0.159 e. The Kier molecular flexibility index (Phi) is 3.08. The van der Waals surface area contributed by atoms with Gasteiger partial charge in [0.25, 0.3) is 0 Å². The zero-order chi connectivity index (χ0) is 12.7. The number of halogens is 2. The summed E-state index contributed by atoms with van der Waals surface area (Å²) in [6.45, 7) is 0. The van der Waals surface area contributed by atoms with E-state index in [-0.39, 0.29) is 6.04 Å². The van der Waals surface area contributed by atoms with Gasteiger partial charge in [-0.05, 0) is 61.1 Å². The van der Waals surface area contributed by atoms with Crippen molar-refractivity contribution in [3.05, 3.63) is 35.4 Å². The molecule has 3 N–H and O–H groups in total. The van der Waals surface area contributed by atoms with Crippen molar-refractivity contribution in [2.75, 3.05) is 0 Å². The molecule has 2 fully saturated rings. The number of rotatable bonds is 4. The monoisotopic (exact) mass is 252 g/mol. The van der Waals surface area contributed by atoms with Gasteiger partial charge in [0.1, 0.15) is 0 Å². The molecule has 0 saturated heterocycles. The maximum absolute atomic E-state index is 13.2. The summed E-state index contributed by atoms with van der Waals surface area (Å²) in [5.41, 5.74) is 3.65. The van der Waals surface area contributed by atoms with Gasteiger partial charge in [0, 0.05) is 6.04 Å². The molecular formula is C14H18F2N2. The average Bonchev–Trinajstić information content (AvgIpc) is 2.97. The van der Waals surface area contributed by atoms with Gasteiger partial charge in [0.05, 0.1) is 0 Å². The number of hydrogen-bond donors (Lipinski definition) is 2. The lowest BCUT2D eigenvalue weighted by Gasteiger charge is -2.24. The van der Waals surface area contributed by atoms with Gasteiger partial charge in [0.15, 0.2) is 11.6 Å². The third kappa shape index (κ3) is 2.27. The molecule has 3 unspecified atom stereocenters. The van der Waals surface area contributed by atoms with E-state index >= 15 is 0 Å². The molecule has 1 aromatic carbocycles. The van der Waals surface area contributed by atoms with Crippen molar-refractivity contribution in [1.29, 1.82) is 0 Å². The molecule has 2 saturated carbocycles. The predicted molar refractivity (Wildman–Crippen MR) is 65.5 cm³/mol. The van der Waals surface area contributed by atoms with Gasteiger partial charge in [0.2, 0.25) is 0 Å². The van der Waals surface area contributed by atoms with Gasteiger partial charge in [-0.1, -0.05) is 6.07 Å². The zero-order valence-electron chi connectivity index (χ0n) is 10.2. The van der Waals surface area contributed by atoms with Crippen LogP contribution in [0.1, 0.15) is 24.8 Å². The molecule has 3 atom stereocenters. The van der Waals surface area contributed by atoms with Crippen LogP contribution < -0.4 is 11.3 Å². The molecule has 0 heterocycles. The van der Waals surface area contributed by atoms with Gasteiger partial charge in [-0.3, -0.25) is 11.3 Å². The van der Waals surface area contributed by atoms with Crippen LogP contribution in [0.5, 0.6) is 0 Å². The Hall–Kier alpha value is -1.00. The van der Waals surface area contributed by atoms with E-state index in [0.29, 0.717) is 12.3 Å². The first-order chi connectivity index (χ1) is 8.67. The third-order valence-corrected chi connectivity index (χ3v) is 4.50. The highest BCUT2D eigenvalue weighted by Crippen LogP contribution is 2.55.